The molecule has 0 amide bonds. The molecule has 0 atom stereocenters. The average Bonchev–Trinajstić information content (AvgIpc) is 2.71. The highest BCUT2D eigenvalue weighted by atomic mass is 16.5. The maximum atomic E-state index is 11.7. The molecule has 1 aromatic carbocycles. The smallest absolute Gasteiger partial charge is 0.283 e. The second-order valence-electron chi connectivity index (χ2n) is 5.21. The summed E-state index contributed by atoms with van der Waals surface area (Å²) in [6.45, 7) is 8.30. The van der Waals surface area contributed by atoms with E-state index in [-0.39, 0.29) is 11.5 Å². The minimum atomic E-state index is -0.132. The zero-order valence-corrected chi connectivity index (χ0v) is 11.3. The van der Waals surface area contributed by atoms with Gasteiger partial charge < -0.3 is 4.52 Å². The van der Waals surface area contributed by atoms with Gasteiger partial charge >= 0.3 is 0 Å². The highest BCUT2D eigenvalue weighted by Gasteiger charge is 2.17. The molecule has 0 aliphatic heterocycles. The van der Waals surface area contributed by atoms with Crippen molar-refractivity contribution in [3.63, 3.8) is 0 Å². The molecule has 1 heterocycles. The molecule has 0 aliphatic rings. The number of aromatic amines is 1. The van der Waals surface area contributed by atoms with E-state index in [2.05, 4.69) is 31.1 Å². The standard InChI is InChI=1S/C15H19NO2/c1-9(2)11-5-7-12(8-6-11)14-13(10(3)4)15(17)16-18-14/h5-10H,1-4H3,(H,16,17). The van der Waals surface area contributed by atoms with Gasteiger partial charge in [0, 0.05) is 5.56 Å². The van der Waals surface area contributed by atoms with Crippen LogP contribution in [-0.2, 0) is 0 Å². The maximum absolute atomic E-state index is 11.7. The lowest BCUT2D eigenvalue weighted by atomic mass is 9.97. The normalized spacial score (nSPS) is 11.4. The number of hydrogen-bond acceptors (Lipinski definition) is 2. The van der Waals surface area contributed by atoms with Crippen molar-refractivity contribution in [1.29, 1.82) is 0 Å². The van der Waals surface area contributed by atoms with Crippen LogP contribution in [0.1, 0.15) is 50.7 Å². The number of aromatic nitrogens is 1. The van der Waals surface area contributed by atoms with Crippen LogP contribution in [0.3, 0.4) is 0 Å². The van der Waals surface area contributed by atoms with Crippen molar-refractivity contribution in [2.45, 2.75) is 39.5 Å². The predicted octanol–water partition coefficient (Wildman–Crippen LogP) is 3.88. The van der Waals surface area contributed by atoms with Crippen molar-refractivity contribution in [1.82, 2.24) is 5.16 Å². The van der Waals surface area contributed by atoms with Crippen LogP contribution in [0.5, 0.6) is 0 Å². The van der Waals surface area contributed by atoms with Gasteiger partial charge in [-0.05, 0) is 17.4 Å². The van der Waals surface area contributed by atoms with Crippen molar-refractivity contribution in [3.8, 4) is 11.3 Å². The van der Waals surface area contributed by atoms with Gasteiger partial charge in [-0.25, -0.2) is 0 Å². The van der Waals surface area contributed by atoms with E-state index in [0.717, 1.165) is 5.56 Å². The monoisotopic (exact) mass is 245 g/mol. The average molecular weight is 245 g/mol. The van der Waals surface area contributed by atoms with Crippen molar-refractivity contribution in [2.24, 2.45) is 0 Å². The van der Waals surface area contributed by atoms with Crippen molar-refractivity contribution in [2.75, 3.05) is 0 Å². The van der Waals surface area contributed by atoms with Crippen LogP contribution < -0.4 is 5.56 Å². The Bertz CT molecular complexity index is 573. The topological polar surface area (TPSA) is 46.0 Å². The van der Waals surface area contributed by atoms with Gasteiger partial charge in [0.15, 0.2) is 5.76 Å². The van der Waals surface area contributed by atoms with E-state index in [9.17, 15) is 4.79 Å². The van der Waals surface area contributed by atoms with E-state index in [4.69, 9.17) is 4.52 Å². The number of rotatable bonds is 3. The first-order valence-corrected chi connectivity index (χ1v) is 6.32. The molecule has 0 aliphatic carbocycles. The Labute approximate surface area is 107 Å². The van der Waals surface area contributed by atoms with Gasteiger partial charge in [-0.3, -0.25) is 4.79 Å². The molecule has 3 nitrogen and oxygen atoms in total. The molecule has 1 aromatic heterocycles. The summed E-state index contributed by atoms with van der Waals surface area (Å²) < 4.78 is 5.31. The van der Waals surface area contributed by atoms with E-state index < -0.39 is 0 Å². The minimum absolute atomic E-state index is 0.132. The first-order chi connectivity index (χ1) is 8.50. The molecule has 1 N–H and O–H groups in total. The lowest BCUT2D eigenvalue weighted by Crippen LogP contribution is -2.07. The summed E-state index contributed by atoms with van der Waals surface area (Å²) in [5.41, 5.74) is 2.81. The quantitative estimate of drug-likeness (QED) is 0.891. The molecule has 0 unspecified atom stereocenters. The Morgan fingerprint density at radius 2 is 1.61 bits per heavy atom. The third-order valence-corrected chi connectivity index (χ3v) is 3.15. The van der Waals surface area contributed by atoms with E-state index in [1.165, 1.54) is 5.56 Å². The SMILES string of the molecule is CC(C)c1ccc(-c2o[nH]c(=O)c2C(C)C)cc1. The minimum Gasteiger partial charge on any atom is -0.378 e. The zero-order valence-electron chi connectivity index (χ0n) is 11.3. The van der Waals surface area contributed by atoms with Crippen LogP contribution in [0.15, 0.2) is 33.6 Å². The molecule has 18 heavy (non-hydrogen) atoms. The van der Waals surface area contributed by atoms with Gasteiger partial charge in [0.2, 0.25) is 0 Å². The molecule has 3 heteroatoms. The molecule has 0 radical (unpaired) electrons. The molecule has 0 spiro atoms. The molecule has 96 valence electrons. The van der Waals surface area contributed by atoms with Crippen LogP contribution in [0, 0.1) is 0 Å². The van der Waals surface area contributed by atoms with Gasteiger partial charge in [-0.15, -0.1) is 0 Å². The molecule has 0 fully saturated rings. The van der Waals surface area contributed by atoms with E-state index in [1.54, 1.807) is 0 Å². The van der Waals surface area contributed by atoms with Crippen molar-refractivity contribution >= 4 is 0 Å². The maximum Gasteiger partial charge on any atom is 0.283 e. The van der Waals surface area contributed by atoms with Crippen LogP contribution >= 0.6 is 0 Å². The number of H-pyrrole nitrogens is 1. The number of hydrogen-bond donors (Lipinski definition) is 1. The fourth-order valence-electron chi connectivity index (χ4n) is 2.07. The Hall–Kier alpha value is -1.77. The van der Waals surface area contributed by atoms with E-state index in [1.807, 2.05) is 26.0 Å². The second-order valence-corrected chi connectivity index (χ2v) is 5.21. The lowest BCUT2D eigenvalue weighted by Gasteiger charge is -2.07. The summed E-state index contributed by atoms with van der Waals surface area (Å²) in [7, 11) is 0. The Morgan fingerprint density at radius 1 is 1.00 bits per heavy atom. The van der Waals surface area contributed by atoms with E-state index in [0.29, 0.717) is 17.2 Å². The molecule has 2 aromatic rings. The third-order valence-electron chi connectivity index (χ3n) is 3.15. The molecule has 2 rings (SSSR count). The first kappa shape index (κ1) is 12.7. The molecular weight excluding hydrogens is 226 g/mol. The van der Waals surface area contributed by atoms with Gasteiger partial charge in [0.05, 0.1) is 5.56 Å². The van der Waals surface area contributed by atoms with Gasteiger partial charge in [-0.2, -0.15) is 5.16 Å². The summed E-state index contributed by atoms with van der Waals surface area (Å²) in [6, 6.07) is 8.18. The molecule has 0 bridgehead atoms. The Morgan fingerprint density at radius 3 is 2.11 bits per heavy atom. The Balaban J connectivity index is 2.46. The summed E-state index contributed by atoms with van der Waals surface area (Å²) in [6.07, 6.45) is 0. The summed E-state index contributed by atoms with van der Waals surface area (Å²) in [4.78, 5) is 11.7. The third kappa shape index (κ3) is 2.26. The van der Waals surface area contributed by atoms with Gasteiger partial charge in [0.25, 0.3) is 5.56 Å². The first-order valence-electron chi connectivity index (χ1n) is 6.32. The van der Waals surface area contributed by atoms with Crippen molar-refractivity contribution < 1.29 is 4.52 Å². The van der Waals surface area contributed by atoms with Gasteiger partial charge in [-0.1, -0.05) is 52.0 Å². The van der Waals surface area contributed by atoms with Crippen LogP contribution in [0.2, 0.25) is 0 Å². The van der Waals surface area contributed by atoms with Crippen LogP contribution in [0.4, 0.5) is 0 Å². The summed E-state index contributed by atoms with van der Waals surface area (Å²) >= 11 is 0. The fraction of sp³-hybridized carbons (Fsp3) is 0.400. The fourth-order valence-corrected chi connectivity index (χ4v) is 2.07. The largest absolute Gasteiger partial charge is 0.378 e. The summed E-state index contributed by atoms with van der Waals surface area (Å²) in [5.74, 6) is 1.31. The van der Waals surface area contributed by atoms with E-state index >= 15 is 0 Å². The second kappa shape index (κ2) is 4.84. The molecule has 0 saturated heterocycles. The number of nitrogens with one attached hydrogen (secondary N) is 1. The highest BCUT2D eigenvalue weighted by molar-refractivity contribution is 5.61. The zero-order chi connectivity index (χ0) is 13.3. The van der Waals surface area contributed by atoms with Crippen molar-refractivity contribution in [3.05, 3.63) is 45.7 Å². The molecule has 0 saturated carbocycles. The van der Waals surface area contributed by atoms with Crippen LogP contribution in [0.25, 0.3) is 11.3 Å². The molecular formula is C15H19NO2. The predicted molar refractivity (Wildman–Crippen MR) is 72.9 cm³/mol. The summed E-state index contributed by atoms with van der Waals surface area (Å²) in [5, 5.41) is 2.42. The lowest BCUT2D eigenvalue weighted by molar-refractivity contribution is 0.425. The Kier molecular flexibility index (Phi) is 3.41. The highest BCUT2D eigenvalue weighted by Crippen LogP contribution is 2.27. The van der Waals surface area contributed by atoms with Gasteiger partial charge in [0.1, 0.15) is 0 Å². The van der Waals surface area contributed by atoms with Crippen LogP contribution in [-0.4, -0.2) is 5.16 Å². The number of benzene rings is 1.